The molecule has 0 amide bonds. The lowest BCUT2D eigenvalue weighted by Crippen LogP contribution is -1.96. The van der Waals surface area contributed by atoms with E-state index in [0.717, 1.165) is 16.9 Å². The highest BCUT2D eigenvalue weighted by atomic mass is 15.3. The lowest BCUT2D eigenvalue weighted by atomic mass is 10.2. The van der Waals surface area contributed by atoms with Crippen LogP contribution >= 0.6 is 0 Å². The van der Waals surface area contributed by atoms with Gasteiger partial charge >= 0.3 is 0 Å². The Labute approximate surface area is 104 Å². The molecule has 18 heavy (non-hydrogen) atoms. The number of nitrogens with two attached hydrogens (primary N) is 1. The number of nitrogen functional groups attached to an aromatic ring is 1. The van der Waals surface area contributed by atoms with Crippen molar-refractivity contribution < 1.29 is 0 Å². The molecule has 90 valence electrons. The number of para-hydroxylation sites is 1. The van der Waals surface area contributed by atoms with E-state index in [1.807, 2.05) is 54.3 Å². The molecule has 0 saturated heterocycles. The summed E-state index contributed by atoms with van der Waals surface area (Å²) in [6.07, 6.45) is 3.73. The summed E-state index contributed by atoms with van der Waals surface area (Å²) in [6.45, 7) is 0. The topological polar surface area (TPSA) is 61.7 Å². The van der Waals surface area contributed by atoms with E-state index in [2.05, 4.69) is 10.2 Å². The van der Waals surface area contributed by atoms with Gasteiger partial charge in [0.25, 0.3) is 0 Å². The van der Waals surface area contributed by atoms with Crippen LogP contribution < -0.4 is 5.73 Å². The first-order valence-electron chi connectivity index (χ1n) is 5.64. The predicted molar refractivity (Wildman–Crippen MR) is 70.2 cm³/mol. The lowest BCUT2D eigenvalue weighted by Gasteiger charge is -1.98. The zero-order valence-electron chi connectivity index (χ0n) is 9.99. The van der Waals surface area contributed by atoms with Gasteiger partial charge in [-0.25, -0.2) is 4.68 Å². The van der Waals surface area contributed by atoms with Gasteiger partial charge in [0.15, 0.2) is 0 Å². The fourth-order valence-corrected chi connectivity index (χ4v) is 1.80. The van der Waals surface area contributed by atoms with Gasteiger partial charge in [-0.3, -0.25) is 4.68 Å². The minimum Gasteiger partial charge on any atom is -0.384 e. The van der Waals surface area contributed by atoms with Crippen LogP contribution in [-0.2, 0) is 7.05 Å². The second-order valence-electron chi connectivity index (χ2n) is 4.09. The van der Waals surface area contributed by atoms with Crippen LogP contribution in [0.2, 0.25) is 0 Å². The summed E-state index contributed by atoms with van der Waals surface area (Å²) in [4.78, 5) is 0. The Morgan fingerprint density at radius 1 is 1.17 bits per heavy atom. The van der Waals surface area contributed by atoms with Gasteiger partial charge in [0.05, 0.1) is 17.6 Å². The molecule has 3 aromatic rings. The first kappa shape index (κ1) is 10.6. The third-order valence-electron chi connectivity index (χ3n) is 2.82. The molecule has 3 rings (SSSR count). The normalized spacial score (nSPS) is 10.7. The number of rotatable bonds is 2. The number of aromatic nitrogens is 4. The highest BCUT2D eigenvalue weighted by Crippen LogP contribution is 2.20. The number of hydrogen-bond donors (Lipinski definition) is 1. The Balaban J connectivity index is 1.99. The van der Waals surface area contributed by atoms with E-state index in [1.165, 1.54) is 0 Å². The van der Waals surface area contributed by atoms with Crippen LogP contribution in [0, 0.1) is 0 Å². The van der Waals surface area contributed by atoms with Crippen molar-refractivity contribution in [1.29, 1.82) is 0 Å². The summed E-state index contributed by atoms with van der Waals surface area (Å²) < 4.78 is 3.47. The van der Waals surface area contributed by atoms with Gasteiger partial charge in [-0.05, 0) is 12.1 Å². The Morgan fingerprint density at radius 3 is 2.61 bits per heavy atom. The van der Waals surface area contributed by atoms with E-state index in [0.29, 0.717) is 5.82 Å². The number of aryl methyl sites for hydroxylation is 1. The second kappa shape index (κ2) is 4.03. The van der Waals surface area contributed by atoms with Crippen molar-refractivity contribution in [2.24, 2.45) is 7.05 Å². The van der Waals surface area contributed by atoms with Crippen LogP contribution in [0.5, 0.6) is 0 Å². The summed E-state index contributed by atoms with van der Waals surface area (Å²) in [5.74, 6) is 0.637. The SMILES string of the molecule is Cn1nc(-c2cnn(-c3ccccc3)c2)cc1N. The average Bonchev–Trinajstić information content (AvgIpc) is 2.99. The van der Waals surface area contributed by atoms with Gasteiger partial charge in [-0.15, -0.1) is 0 Å². The van der Waals surface area contributed by atoms with Gasteiger partial charge in [0, 0.05) is 24.9 Å². The maximum Gasteiger partial charge on any atom is 0.121 e. The van der Waals surface area contributed by atoms with Crippen LogP contribution in [0.4, 0.5) is 5.82 Å². The fraction of sp³-hybridized carbons (Fsp3) is 0.0769. The van der Waals surface area contributed by atoms with Crippen molar-refractivity contribution in [1.82, 2.24) is 19.6 Å². The molecule has 0 aliphatic heterocycles. The van der Waals surface area contributed by atoms with Gasteiger partial charge in [-0.2, -0.15) is 10.2 Å². The molecule has 0 spiro atoms. The maximum absolute atomic E-state index is 5.77. The number of anilines is 1. The maximum atomic E-state index is 5.77. The minimum absolute atomic E-state index is 0.637. The smallest absolute Gasteiger partial charge is 0.121 e. The molecule has 2 aromatic heterocycles. The molecule has 0 saturated carbocycles. The molecule has 0 aliphatic rings. The minimum atomic E-state index is 0.637. The van der Waals surface area contributed by atoms with Crippen LogP contribution in [0.25, 0.3) is 16.9 Å². The number of nitrogens with zero attached hydrogens (tertiary/aromatic N) is 4. The molecule has 0 fully saturated rings. The first-order valence-corrected chi connectivity index (χ1v) is 5.64. The highest BCUT2D eigenvalue weighted by molar-refractivity contribution is 5.61. The van der Waals surface area contributed by atoms with Gasteiger partial charge in [-0.1, -0.05) is 18.2 Å². The Kier molecular flexibility index (Phi) is 2.37. The second-order valence-corrected chi connectivity index (χ2v) is 4.09. The van der Waals surface area contributed by atoms with Crippen LogP contribution in [-0.4, -0.2) is 19.6 Å². The molecule has 2 N–H and O–H groups in total. The molecule has 5 heteroatoms. The molecule has 0 radical (unpaired) electrons. The molecule has 0 unspecified atom stereocenters. The van der Waals surface area contributed by atoms with Crippen molar-refractivity contribution in [2.45, 2.75) is 0 Å². The lowest BCUT2D eigenvalue weighted by molar-refractivity contribution is 0.782. The van der Waals surface area contributed by atoms with Crippen molar-refractivity contribution in [3.8, 4) is 16.9 Å². The van der Waals surface area contributed by atoms with E-state index in [4.69, 9.17) is 5.73 Å². The fourth-order valence-electron chi connectivity index (χ4n) is 1.80. The summed E-state index contributed by atoms with van der Waals surface area (Å²) in [5, 5.41) is 8.65. The van der Waals surface area contributed by atoms with Crippen LogP contribution in [0.15, 0.2) is 48.8 Å². The van der Waals surface area contributed by atoms with E-state index >= 15 is 0 Å². The predicted octanol–water partition coefficient (Wildman–Crippen LogP) is 1.85. The van der Waals surface area contributed by atoms with E-state index in [9.17, 15) is 0 Å². The molecular weight excluding hydrogens is 226 g/mol. The van der Waals surface area contributed by atoms with Gasteiger partial charge < -0.3 is 5.73 Å². The van der Waals surface area contributed by atoms with Crippen molar-refractivity contribution in [2.75, 3.05) is 5.73 Å². The van der Waals surface area contributed by atoms with Crippen molar-refractivity contribution in [3.05, 3.63) is 48.8 Å². The van der Waals surface area contributed by atoms with Crippen LogP contribution in [0.1, 0.15) is 0 Å². The average molecular weight is 239 g/mol. The van der Waals surface area contributed by atoms with Crippen LogP contribution in [0.3, 0.4) is 0 Å². The molecule has 1 aromatic carbocycles. The standard InChI is InChI=1S/C13H13N5/c1-17-13(14)7-12(16-17)10-8-15-18(9-10)11-5-3-2-4-6-11/h2-9H,14H2,1H3. The number of hydrogen-bond acceptors (Lipinski definition) is 3. The van der Waals surface area contributed by atoms with Crippen molar-refractivity contribution in [3.63, 3.8) is 0 Å². The van der Waals surface area contributed by atoms with Gasteiger partial charge in [0.1, 0.15) is 5.82 Å². The first-order chi connectivity index (χ1) is 8.74. The zero-order valence-corrected chi connectivity index (χ0v) is 9.99. The molecule has 0 bridgehead atoms. The number of benzene rings is 1. The Bertz CT molecular complexity index is 646. The molecule has 0 aliphatic carbocycles. The largest absolute Gasteiger partial charge is 0.384 e. The van der Waals surface area contributed by atoms with E-state index in [1.54, 1.807) is 10.9 Å². The van der Waals surface area contributed by atoms with E-state index in [-0.39, 0.29) is 0 Å². The third kappa shape index (κ3) is 1.75. The third-order valence-corrected chi connectivity index (χ3v) is 2.82. The monoisotopic (exact) mass is 239 g/mol. The summed E-state index contributed by atoms with van der Waals surface area (Å²) in [5.41, 5.74) is 8.57. The summed E-state index contributed by atoms with van der Waals surface area (Å²) in [6, 6.07) is 11.8. The highest BCUT2D eigenvalue weighted by Gasteiger charge is 2.07. The van der Waals surface area contributed by atoms with Gasteiger partial charge in [0.2, 0.25) is 0 Å². The molecule has 0 atom stereocenters. The Morgan fingerprint density at radius 2 is 1.94 bits per heavy atom. The van der Waals surface area contributed by atoms with E-state index < -0.39 is 0 Å². The summed E-state index contributed by atoms with van der Waals surface area (Å²) in [7, 11) is 1.82. The Hall–Kier alpha value is -2.56. The zero-order chi connectivity index (χ0) is 12.5. The quantitative estimate of drug-likeness (QED) is 0.742. The summed E-state index contributed by atoms with van der Waals surface area (Å²) >= 11 is 0. The molecular formula is C13H13N5. The molecule has 2 heterocycles. The van der Waals surface area contributed by atoms with Crippen molar-refractivity contribution >= 4 is 5.82 Å². The molecule has 5 nitrogen and oxygen atoms in total.